The van der Waals surface area contributed by atoms with Gasteiger partial charge in [-0.15, -0.1) is 0 Å². The van der Waals surface area contributed by atoms with Gasteiger partial charge in [0, 0.05) is 18.1 Å². The molecule has 0 radical (unpaired) electrons. The number of ether oxygens (including phenoxy) is 1. The molecule has 0 spiro atoms. The second-order valence-electron chi connectivity index (χ2n) is 3.50. The summed E-state index contributed by atoms with van der Waals surface area (Å²) in [4.78, 5) is 0. The molecule has 0 amide bonds. The number of rotatable bonds is 3. The average molecular weight is 212 g/mol. The van der Waals surface area contributed by atoms with Crippen LogP contribution in [0.2, 0.25) is 5.02 Å². The molecule has 1 saturated heterocycles. The predicted molar refractivity (Wildman–Crippen MR) is 58.1 cm³/mol. The van der Waals surface area contributed by atoms with Gasteiger partial charge in [-0.2, -0.15) is 0 Å². The molecular weight excluding hydrogens is 198 g/mol. The maximum atomic E-state index is 6.01. The number of aryl methyl sites for hydroxylation is 1. The quantitative estimate of drug-likeness (QED) is 0.828. The first-order valence-corrected chi connectivity index (χ1v) is 5.33. The van der Waals surface area contributed by atoms with Crippen LogP contribution in [0.4, 0.5) is 0 Å². The minimum Gasteiger partial charge on any atom is -0.488 e. The molecule has 0 bridgehead atoms. The molecule has 2 nitrogen and oxygen atoms in total. The molecule has 1 aliphatic heterocycles. The van der Waals surface area contributed by atoms with Gasteiger partial charge in [0.2, 0.25) is 0 Å². The highest BCUT2D eigenvalue weighted by atomic mass is 35.5. The highest BCUT2D eigenvalue weighted by Crippen LogP contribution is 2.23. The SMILES string of the molecule is CCc1cc(OC2CNC2)ccc1Cl. The van der Waals surface area contributed by atoms with Crippen molar-refractivity contribution in [2.45, 2.75) is 19.4 Å². The van der Waals surface area contributed by atoms with Gasteiger partial charge < -0.3 is 10.1 Å². The van der Waals surface area contributed by atoms with Gasteiger partial charge in [-0.25, -0.2) is 0 Å². The van der Waals surface area contributed by atoms with Gasteiger partial charge in [0.1, 0.15) is 11.9 Å². The fourth-order valence-electron chi connectivity index (χ4n) is 1.43. The van der Waals surface area contributed by atoms with E-state index in [0.717, 1.165) is 35.8 Å². The van der Waals surface area contributed by atoms with Crippen LogP contribution in [0, 0.1) is 0 Å². The molecule has 1 aromatic carbocycles. The van der Waals surface area contributed by atoms with Gasteiger partial charge in [-0.1, -0.05) is 18.5 Å². The van der Waals surface area contributed by atoms with Crippen molar-refractivity contribution in [1.29, 1.82) is 0 Å². The summed E-state index contributed by atoms with van der Waals surface area (Å²) in [5.41, 5.74) is 1.15. The molecule has 3 heteroatoms. The van der Waals surface area contributed by atoms with Crippen molar-refractivity contribution in [3.05, 3.63) is 28.8 Å². The number of hydrogen-bond acceptors (Lipinski definition) is 2. The third kappa shape index (κ3) is 2.02. The molecule has 1 aliphatic rings. The Morgan fingerprint density at radius 1 is 1.50 bits per heavy atom. The van der Waals surface area contributed by atoms with E-state index >= 15 is 0 Å². The third-order valence-corrected chi connectivity index (χ3v) is 2.81. The van der Waals surface area contributed by atoms with Gasteiger partial charge in [-0.3, -0.25) is 0 Å². The number of hydrogen-bond donors (Lipinski definition) is 1. The van der Waals surface area contributed by atoms with Crippen molar-refractivity contribution in [3.8, 4) is 5.75 Å². The molecule has 76 valence electrons. The Kier molecular flexibility index (Phi) is 2.94. The van der Waals surface area contributed by atoms with E-state index in [1.165, 1.54) is 0 Å². The van der Waals surface area contributed by atoms with Crippen molar-refractivity contribution in [2.75, 3.05) is 13.1 Å². The Morgan fingerprint density at radius 2 is 2.29 bits per heavy atom. The zero-order chi connectivity index (χ0) is 9.97. The Hall–Kier alpha value is -0.730. The van der Waals surface area contributed by atoms with Crippen LogP contribution >= 0.6 is 11.6 Å². The van der Waals surface area contributed by atoms with Gasteiger partial charge in [0.05, 0.1) is 0 Å². The van der Waals surface area contributed by atoms with Gasteiger partial charge in [0.25, 0.3) is 0 Å². The van der Waals surface area contributed by atoms with Crippen LogP contribution in [0.3, 0.4) is 0 Å². The maximum Gasteiger partial charge on any atom is 0.123 e. The summed E-state index contributed by atoms with van der Waals surface area (Å²) in [5, 5.41) is 4.00. The Labute approximate surface area is 89.2 Å². The summed E-state index contributed by atoms with van der Waals surface area (Å²) in [5.74, 6) is 0.928. The predicted octanol–water partition coefficient (Wildman–Crippen LogP) is 2.25. The lowest BCUT2D eigenvalue weighted by molar-refractivity contribution is 0.142. The molecule has 0 unspecified atom stereocenters. The van der Waals surface area contributed by atoms with E-state index in [4.69, 9.17) is 16.3 Å². The standard InChI is InChI=1S/C11H14ClNO/c1-2-8-5-9(3-4-11(8)12)14-10-6-13-7-10/h3-5,10,13H,2,6-7H2,1H3. The van der Waals surface area contributed by atoms with Gasteiger partial charge >= 0.3 is 0 Å². The second kappa shape index (κ2) is 4.20. The van der Waals surface area contributed by atoms with Crippen LogP contribution in [0.25, 0.3) is 0 Å². The summed E-state index contributed by atoms with van der Waals surface area (Å²) >= 11 is 6.01. The van der Waals surface area contributed by atoms with Crippen molar-refractivity contribution in [2.24, 2.45) is 0 Å². The van der Waals surface area contributed by atoms with Crippen LogP contribution in [0.1, 0.15) is 12.5 Å². The molecular formula is C11H14ClNO. The van der Waals surface area contributed by atoms with Crippen molar-refractivity contribution in [3.63, 3.8) is 0 Å². The number of nitrogens with one attached hydrogen (secondary N) is 1. The van der Waals surface area contributed by atoms with Crippen LogP contribution < -0.4 is 10.1 Å². The zero-order valence-electron chi connectivity index (χ0n) is 8.22. The second-order valence-corrected chi connectivity index (χ2v) is 3.91. The summed E-state index contributed by atoms with van der Waals surface area (Å²) < 4.78 is 5.73. The molecule has 0 atom stereocenters. The lowest BCUT2D eigenvalue weighted by Gasteiger charge is -2.28. The molecule has 14 heavy (non-hydrogen) atoms. The topological polar surface area (TPSA) is 21.3 Å². The molecule has 0 saturated carbocycles. The lowest BCUT2D eigenvalue weighted by Crippen LogP contribution is -2.50. The molecule has 2 rings (SSSR count). The largest absolute Gasteiger partial charge is 0.488 e. The Bertz CT molecular complexity index is 323. The van der Waals surface area contributed by atoms with E-state index in [-0.39, 0.29) is 0 Å². The van der Waals surface area contributed by atoms with Gasteiger partial charge in [-0.05, 0) is 30.2 Å². The summed E-state index contributed by atoms with van der Waals surface area (Å²) in [7, 11) is 0. The zero-order valence-corrected chi connectivity index (χ0v) is 8.97. The fraction of sp³-hybridized carbons (Fsp3) is 0.455. The normalized spacial score (nSPS) is 16.4. The average Bonchev–Trinajstić information content (AvgIpc) is 2.14. The minimum absolute atomic E-state index is 0.334. The lowest BCUT2D eigenvalue weighted by atomic mass is 10.1. The highest BCUT2D eigenvalue weighted by Gasteiger charge is 2.18. The van der Waals surface area contributed by atoms with Crippen LogP contribution in [0.5, 0.6) is 5.75 Å². The van der Waals surface area contributed by atoms with E-state index in [9.17, 15) is 0 Å². The first-order chi connectivity index (χ1) is 6.79. The van der Waals surface area contributed by atoms with E-state index in [2.05, 4.69) is 12.2 Å². The molecule has 1 fully saturated rings. The summed E-state index contributed by atoms with van der Waals surface area (Å²) in [6.07, 6.45) is 1.28. The summed E-state index contributed by atoms with van der Waals surface area (Å²) in [6, 6.07) is 5.86. The fourth-order valence-corrected chi connectivity index (χ4v) is 1.68. The van der Waals surface area contributed by atoms with Crippen molar-refractivity contribution >= 4 is 11.6 Å². The van der Waals surface area contributed by atoms with Gasteiger partial charge in [0.15, 0.2) is 0 Å². The third-order valence-electron chi connectivity index (χ3n) is 2.44. The maximum absolute atomic E-state index is 6.01. The smallest absolute Gasteiger partial charge is 0.123 e. The van der Waals surface area contributed by atoms with Crippen LogP contribution in [-0.2, 0) is 6.42 Å². The Morgan fingerprint density at radius 3 is 2.86 bits per heavy atom. The van der Waals surface area contributed by atoms with E-state index in [1.807, 2.05) is 18.2 Å². The number of halogens is 1. The summed E-state index contributed by atoms with van der Waals surface area (Å²) in [6.45, 7) is 3.99. The van der Waals surface area contributed by atoms with Crippen LogP contribution in [-0.4, -0.2) is 19.2 Å². The van der Waals surface area contributed by atoms with E-state index in [0.29, 0.717) is 6.10 Å². The first-order valence-electron chi connectivity index (χ1n) is 4.95. The Balaban J connectivity index is 2.09. The molecule has 0 aromatic heterocycles. The van der Waals surface area contributed by atoms with Crippen molar-refractivity contribution in [1.82, 2.24) is 5.32 Å². The van der Waals surface area contributed by atoms with Crippen LogP contribution in [0.15, 0.2) is 18.2 Å². The minimum atomic E-state index is 0.334. The molecule has 1 aromatic rings. The van der Waals surface area contributed by atoms with E-state index < -0.39 is 0 Å². The molecule has 0 aliphatic carbocycles. The molecule has 1 N–H and O–H groups in total. The highest BCUT2D eigenvalue weighted by molar-refractivity contribution is 6.31. The van der Waals surface area contributed by atoms with E-state index in [1.54, 1.807) is 0 Å². The molecule has 1 heterocycles. The number of benzene rings is 1. The van der Waals surface area contributed by atoms with Crippen molar-refractivity contribution < 1.29 is 4.74 Å². The first kappa shape index (κ1) is 9.81. The monoisotopic (exact) mass is 211 g/mol.